The van der Waals surface area contributed by atoms with Crippen molar-refractivity contribution in [2.75, 3.05) is 11.5 Å². The SMILES string of the molecule is Clc1cc(I)ccc1CCSCCc1ccc(I)cc1Cl. The van der Waals surface area contributed by atoms with E-state index in [1.54, 1.807) is 0 Å². The van der Waals surface area contributed by atoms with Crippen molar-refractivity contribution in [2.45, 2.75) is 12.8 Å². The third-order valence-electron chi connectivity index (χ3n) is 3.06. The van der Waals surface area contributed by atoms with Crippen molar-refractivity contribution in [3.05, 3.63) is 64.7 Å². The van der Waals surface area contributed by atoms with Gasteiger partial charge in [-0.3, -0.25) is 0 Å². The van der Waals surface area contributed by atoms with Gasteiger partial charge in [0.1, 0.15) is 0 Å². The lowest BCUT2D eigenvalue weighted by molar-refractivity contribution is 1.12. The highest BCUT2D eigenvalue weighted by atomic mass is 127. The summed E-state index contributed by atoms with van der Waals surface area (Å²) in [4.78, 5) is 0. The van der Waals surface area contributed by atoms with Crippen molar-refractivity contribution in [3.8, 4) is 0 Å². The second-order valence-corrected chi connectivity index (χ2v) is 9.11. The van der Waals surface area contributed by atoms with Crippen LogP contribution >= 0.6 is 80.1 Å². The number of hydrogen-bond donors (Lipinski definition) is 0. The molecule has 0 saturated heterocycles. The highest BCUT2D eigenvalue weighted by molar-refractivity contribution is 14.1. The second-order valence-electron chi connectivity index (χ2n) is 4.58. The molecular weight excluding hydrogens is 549 g/mol. The summed E-state index contributed by atoms with van der Waals surface area (Å²) in [5.74, 6) is 2.17. The summed E-state index contributed by atoms with van der Waals surface area (Å²) in [7, 11) is 0. The zero-order valence-corrected chi connectivity index (χ0v) is 17.9. The Hall–Kier alpha value is 0.830. The second kappa shape index (κ2) is 9.21. The Kier molecular flexibility index (Phi) is 7.97. The third kappa shape index (κ3) is 6.09. The Bertz CT molecular complexity index is 564. The maximum atomic E-state index is 6.24. The normalized spacial score (nSPS) is 10.9. The molecule has 0 saturated carbocycles. The van der Waals surface area contributed by atoms with Crippen molar-refractivity contribution in [1.82, 2.24) is 0 Å². The number of hydrogen-bond acceptors (Lipinski definition) is 1. The van der Waals surface area contributed by atoms with Crippen molar-refractivity contribution in [3.63, 3.8) is 0 Å². The van der Waals surface area contributed by atoms with Gasteiger partial charge in [-0.1, -0.05) is 35.3 Å². The molecule has 0 bridgehead atoms. The standard InChI is InChI=1S/C16H14Cl2I2S/c17-15-9-13(19)3-1-11(15)5-7-21-8-6-12-2-4-14(20)10-16(12)18/h1-4,9-10H,5-8H2. The Morgan fingerprint density at radius 3 is 1.57 bits per heavy atom. The number of aryl methyl sites for hydroxylation is 2. The first-order valence-electron chi connectivity index (χ1n) is 6.52. The molecule has 0 atom stereocenters. The molecule has 2 aromatic rings. The molecule has 2 aromatic carbocycles. The predicted octanol–water partition coefficient (Wildman–Crippen LogP) is 6.72. The van der Waals surface area contributed by atoms with Crippen molar-refractivity contribution in [2.24, 2.45) is 0 Å². The number of rotatable bonds is 6. The summed E-state index contributed by atoms with van der Waals surface area (Å²) in [6, 6.07) is 12.5. The van der Waals surface area contributed by atoms with Gasteiger partial charge >= 0.3 is 0 Å². The van der Waals surface area contributed by atoms with Crippen LogP contribution in [0.25, 0.3) is 0 Å². The molecule has 21 heavy (non-hydrogen) atoms. The summed E-state index contributed by atoms with van der Waals surface area (Å²) in [6.45, 7) is 0. The fourth-order valence-electron chi connectivity index (χ4n) is 1.92. The van der Waals surface area contributed by atoms with Gasteiger partial charge in [0.25, 0.3) is 0 Å². The van der Waals surface area contributed by atoms with Crippen LogP contribution in [0, 0.1) is 7.14 Å². The maximum Gasteiger partial charge on any atom is 0.0448 e. The molecule has 0 radical (unpaired) electrons. The van der Waals surface area contributed by atoms with Gasteiger partial charge in [-0.05, 0) is 105 Å². The summed E-state index contributed by atoms with van der Waals surface area (Å²) in [5.41, 5.74) is 2.47. The Morgan fingerprint density at radius 1 is 0.762 bits per heavy atom. The molecular formula is C16H14Cl2I2S. The first kappa shape index (κ1) is 18.2. The average Bonchev–Trinajstić information content (AvgIpc) is 2.42. The van der Waals surface area contributed by atoms with Crippen LogP contribution in [0.1, 0.15) is 11.1 Å². The van der Waals surface area contributed by atoms with Gasteiger partial charge < -0.3 is 0 Å². The highest BCUT2D eigenvalue weighted by Gasteiger charge is 2.03. The molecule has 2 rings (SSSR count). The molecule has 5 heteroatoms. The summed E-state index contributed by atoms with van der Waals surface area (Å²) < 4.78 is 2.37. The minimum absolute atomic E-state index is 0.878. The van der Waals surface area contributed by atoms with Crippen LogP contribution in [0.5, 0.6) is 0 Å². The van der Waals surface area contributed by atoms with Crippen molar-refractivity contribution >= 4 is 80.1 Å². The molecule has 0 spiro atoms. The average molecular weight is 563 g/mol. The van der Waals surface area contributed by atoms with Crippen LogP contribution in [0.4, 0.5) is 0 Å². The van der Waals surface area contributed by atoms with Crippen molar-refractivity contribution < 1.29 is 0 Å². The van der Waals surface area contributed by atoms with Gasteiger partial charge in [0.2, 0.25) is 0 Å². The minimum atomic E-state index is 0.878. The molecule has 0 aliphatic heterocycles. The monoisotopic (exact) mass is 562 g/mol. The number of benzene rings is 2. The van der Waals surface area contributed by atoms with Crippen LogP contribution in [-0.4, -0.2) is 11.5 Å². The van der Waals surface area contributed by atoms with E-state index in [0.29, 0.717) is 0 Å². The zero-order chi connectivity index (χ0) is 15.2. The molecule has 0 unspecified atom stereocenters. The molecule has 0 N–H and O–H groups in total. The summed E-state index contributed by atoms with van der Waals surface area (Å²) >= 11 is 19.0. The first-order chi connectivity index (χ1) is 10.1. The topological polar surface area (TPSA) is 0 Å². The van der Waals surface area contributed by atoms with Crippen LogP contribution in [-0.2, 0) is 12.8 Å². The molecule has 0 aliphatic carbocycles. The van der Waals surface area contributed by atoms with Gasteiger partial charge in [-0.25, -0.2) is 0 Å². The maximum absolute atomic E-state index is 6.24. The highest BCUT2D eigenvalue weighted by Crippen LogP contribution is 2.23. The lowest BCUT2D eigenvalue weighted by atomic mass is 10.2. The fraction of sp³-hybridized carbons (Fsp3) is 0.250. The quantitative estimate of drug-likeness (QED) is 0.278. The number of halogens is 4. The van der Waals surface area contributed by atoms with E-state index in [1.165, 1.54) is 18.3 Å². The summed E-state index contributed by atoms with van der Waals surface area (Å²) in [5, 5.41) is 1.76. The molecule has 0 heterocycles. The Morgan fingerprint density at radius 2 is 1.19 bits per heavy atom. The van der Waals surface area contributed by atoms with E-state index in [4.69, 9.17) is 23.2 Å². The van der Waals surface area contributed by atoms with E-state index >= 15 is 0 Å². The third-order valence-corrected chi connectivity index (χ3v) is 6.09. The first-order valence-corrected chi connectivity index (χ1v) is 10.6. The molecule has 0 fully saturated rings. The van der Waals surface area contributed by atoms with Gasteiger partial charge in [-0.2, -0.15) is 11.8 Å². The van der Waals surface area contributed by atoms with Crippen LogP contribution in [0.2, 0.25) is 10.0 Å². The van der Waals surface area contributed by atoms with E-state index in [1.807, 2.05) is 23.9 Å². The van der Waals surface area contributed by atoms with E-state index in [2.05, 4.69) is 69.4 Å². The van der Waals surface area contributed by atoms with Crippen molar-refractivity contribution in [1.29, 1.82) is 0 Å². The smallest absolute Gasteiger partial charge is 0.0448 e. The van der Waals surface area contributed by atoms with E-state index in [-0.39, 0.29) is 0 Å². The van der Waals surface area contributed by atoms with E-state index in [0.717, 1.165) is 34.4 Å². The van der Waals surface area contributed by atoms with Gasteiger partial charge in [0.15, 0.2) is 0 Å². The van der Waals surface area contributed by atoms with Crippen LogP contribution in [0.3, 0.4) is 0 Å². The largest absolute Gasteiger partial charge is 0.161 e. The lowest BCUT2D eigenvalue weighted by Crippen LogP contribution is -1.95. The Balaban J connectivity index is 1.75. The van der Waals surface area contributed by atoms with Crippen LogP contribution < -0.4 is 0 Å². The lowest BCUT2D eigenvalue weighted by Gasteiger charge is -2.06. The molecule has 112 valence electrons. The fourth-order valence-corrected chi connectivity index (χ4v) is 4.75. The molecule has 0 aromatic heterocycles. The summed E-state index contributed by atoms with van der Waals surface area (Å²) in [6.07, 6.45) is 2.03. The van der Waals surface area contributed by atoms with Gasteiger partial charge in [0, 0.05) is 17.2 Å². The van der Waals surface area contributed by atoms with E-state index in [9.17, 15) is 0 Å². The van der Waals surface area contributed by atoms with Crippen LogP contribution in [0.15, 0.2) is 36.4 Å². The molecule has 0 aliphatic rings. The van der Waals surface area contributed by atoms with Gasteiger partial charge in [0.05, 0.1) is 0 Å². The Labute approximate surface area is 167 Å². The predicted molar refractivity (Wildman–Crippen MR) is 113 cm³/mol. The molecule has 0 amide bonds. The van der Waals surface area contributed by atoms with Gasteiger partial charge in [-0.15, -0.1) is 0 Å². The zero-order valence-electron chi connectivity index (χ0n) is 11.2. The number of thioether (sulfide) groups is 1. The molecule has 0 nitrogen and oxygen atoms in total. The van der Waals surface area contributed by atoms with E-state index < -0.39 is 0 Å². The minimum Gasteiger partial charge on any atom is -0.161 e.